The van der Waals surface area contributed by atoms with E-state index < -0.39 is 22.9 Å². The van der Waals surface area contributed by atoms with E-state index in [-0.39, 0.29) is 23.2 Å². The summed E-state index contributed by atoms with van der Waals surface area (Å²) in [5.74, 6) is -0.0894. The van der Waals surface area contributed by atoms with E-state index in [1.165, 1.54) is 22.8 Å². The number of hydrogen-bond donors (Lipinski definition) is 1. The lowest BCUT2D eigenvalue weighted by atomic mass is 10.1. The Balaban J connectivity index is 1.80. The Kier molecular flexibility index (Phi) is 5.00. The summed E-state index contributed by atoms with van der Waals surface area (Å²) in [6.07, 6.45) is -4.58. The third-order valence-electron chi connectivity index (χ3n) is 4.67. The second-order valence-electron chi connectivity index (χ2n) is 7.46. The minimum absolute atomic E-state index is 0.0522. The van der Waals surface area contributed by atoms with Gasteiger partial charge in [0.05, 0.1) is 22.2 Å². The fourth-order valence-corrected chi connectivity index (χ4v) is 3.33. The van der Waals surface area contributed by atoms with Gasteiger partial charge >= 0.3 is 17.3 Å². The zero-order valence-electron chi connectivity index (χ0n) is 16.5. The zero-order valence-corrected chi connectivity index (χ0v) is 16.5. The number of H-pyrrole nitrogens is 1. The van der Waals surface area contributed by atoms with Crippen molar-refractivity contribution in [2.45, 2.75) is 26.6 Å². The van der Waals surface area contributed by atoms with Gasteiger partial charge in [-0.1, -0.05) is 31.1 Å². The topological polar surface area (TPSA) is 93.8 Å². The third kappa shape index (κ3) is 3.88. The maximum absolute atomic E-state index is 13.3. The molecule has 0 unspecified atom stereocenters. The minimum atomic E-state index is -4.58. The molecule has 0 aliphatic rings. The molecule has 0 saturated carbocycles. The number of nitrogens with one attached hydrogen (secondary N) is 1. The number of halogens is 3. The van der Waals surface area contributed by atoms with Crippen LogP contribution in [0.25, 0.3) is 33.9 Å². The number of aromatic nitrogens is 4. The quantitative estimate of drug-likeness (QED) is 0.493. The van der Waals surface area contributed by atoms with Crippen molar-refractivity contribution >= 4 is 11.0 Å². The summed E-state index contributed by atoms with van der Waals surface area (Å²) in [5.41, 5.74) is -1.22. The average Bonchev–Trinajstić information content (AvgIpc) is 3.20. The SMILES string of the molecule is CC(C)Cn1c(=O)c(=O)[nH]c2cc(-c3noc(-c4ccccc4C(F)(F)F)n3)ccc21. The van der Waals surface area contributed by atoms with Crippen molar-refractivity contribution < 1.29 is 17.7 Å². The molecule has 160 valence electrons. The Bertz CT molecular complexity index is 1380. The van der Waals surface area contributed by atoms with Crippen molar-refractivity contribution in [3.05, 3.63) is 68.7 Å². The number of fused-ring (bicyclic) bond motifs is 1. The third-order valence-corrected chi connectivity index (χ3v) is 4.67. The Hall–Kier alpha value is -3.69. The molecular weight excluding hydrogens is 413 g/mol. The highest BCUT2D eigenvalue weighted by Crippen LogP contribution is 2.36. The molecule has 4 rings (SSSR count). The van der Waals surface area contributed by atoms with E-state index in [0.717, 1.165) is 6.07 Å². The van der Waals surface area contributed by atoms with Gasteiger partial charge in [-0.05, 0) is 36.2 Å². The van der Waals surface area contributed by atoms with Gasteiger partial charge in [0.1, 0.15) is 0 Å². The molecule has 0 bridgehead atoms. The molecule has 0 fully saturated rings. The first kappa shape index (κ1) is 20.6. The van der Waals surface area contributed by atoms with E-state index in [0.29, 0.717) is 23.1 Å². The summed E-state index contributed by atoms with van der Waals surface area (Å²) >= 11 is 0. The van der Waals surface area contributed by atoms with Crippen molar-refractivity contribution in [1.82, 2.24) is 19.7 Å². The first-order valence-electron chi connectivity index (χ1n) is 9.42. The summed E-state index contributed by atoms with van der Waals surface area (Å²) in [6.45, 7) is 4.21. The van der Waals surface area contributed by atoms with Crippen molar-refractivity contribution in [3.8, 4) is 22.8 Å². The fourth-order valence-electron chi connectivity index (χ4n) is 3.33. The molecule has 0 amide bonds. The molecule has 0 aliphatic heterocycles. The standard InChI is InChI=1S/C21H17F3N4O3/c1-11(2)10-28-16-8-7-12(9-15(16)25-18(29)20(28)30)17-26-19(31-27-17)13-5-3-4-6-14(13)21(22,23)24/h3-9,11H,10H2,1-2H3,(H,25,29). The summed E-state index contributed by atoms with van der Waals surface area (Å²) in [4.78, 5) is 30.9. The molecule has 0 saturated heterocycles. The molecule has 31 heavy (non-hydrogen) atoms. The van der Waals surface area contributed by atoms with Crippen molar-refractivity contribution in [1.29, 1.82) is 0 Å². The highest BCUT2D eigenvalue weighted by molar-refractivity contribution is 5.80. The molecule has 7 nitrogen and oxygen atoms in total. The van der Waals surface area contributed by atoms with Crippen LogP contribution in [-0.2, 0) is 12.7 Å². The fraction of sp³-hybridized carbons (Fsp3) is 0.238. The van der Waals surface area contributed by atoms with E-state index in [4.69, 9.17) is 4.52 Å². The van der Waals surface area contributed by atoms with E-state index in [2.05, 4.69) is 15.1 Å². The molecule has 0 spiro atoms. The molecule has 10 heteroatoms. The van der Waals surface area contributed by atoms with Crippen LogP contribution in [0.2, 0.25) is 0 Å². The summed E-state index contributed by atoms with van der Waals surface area (Å²) in [7, 11) is 0. The van der Waals surface area contributed by atoms with Gasteiger partial charge in [0, 0.05) is 12.1 Å². The van der Waals surface area contributed by atoms with E-state index in [9.17, 15) is 22.8 Å². The van der Waals surface area contributed by atoms with Crippen LogP contribution in [0, 0.1) is 5.92 Å². The number of nitrogens with zero attached hydrogens (tertiary/aromatic N) is 3. The van der Waals surface area contributed by atoms with E-state index in [1.54, 1.807) is 18.2 Å². The largest absolute Gasteiger partial charge is 0.417 e. The second-order valence-corrected chi connectivity index (χ2v) is 7.46. The molecule has 2 aromatic heterocycles. The van der Waals surface area contributed by atoms with Crippen molar-refractivity contribution in [2.75, 3.05) is 0 Å². The lowest BCUT2D eigenvalue weighted by molar-refractivity contribution is -0.137. The van der Waals surface area contributed by atoms with Gasteiger partial charge in [-0.25, -0.2) is 0 Å². The lowest BCUT2D eigenvalue weighted by Gasteiger charge is -2.12. The predicted octanol–water partition coefficient (Wildman–Crippen LogP) is 4.08. The number of alkyl halides is 3. The molecule has 0 radical (unpaired) electrons. The van der Waals surface area contributed by atoms with Gasteiger partial charge in [-0.15, -0.1) is 0 Å². The minimum Gasteiger partial charge on any atom is -0.334 e. The first-order chi connectivity index (χ1) is 14.6. The van der Waals surface area contributed by atoms with Gasteiger partial charge < -0.3 is 14.1 Å². The van der Waals surface area contributed by atoms with Gasteiger partial charge in [0.25, 0.3) is 5.89 Å². The van der Waals surface area contributed by atoms with Crippen LogP contribution in [0.15, 0.2) is 56.6 Å². The Labute approximate surface area is 173 Å². The highest BCUT2D eigenvalue weighted by Gasteiger charge is 2.34. The summed E-state index contributed by atoms with van der Waals surface area (Å²) in [5, 5.41) is 3.79. The summed E-state index contributed by atoms with van der Waals surface area (Å²) < 4.78 is 46.3. The molecule has 2 aromatic carbocycles. The Morgan fingerprint density at radius 2 is 1.87 bits per heavy atom. The molecule has 4 aromatic rings. The number of rotatable bonds is 4. The number of hydrogen-bond acceptors (Lipinski definition) is 5. The normalized spacial score (nSPS) is 12.1. The van der Waals surface area contributed by atoms with Crippen molar-refractivity contribution in [3.63, 3.8) is 0 Å². The maximum atomic E-state index is 13.3. The van der Waals surface area contributed by atoms with Crippen LogP contribution in [0.3, 0.4) is 0 Å². The molecule has 0 atom stereocenters. The average molecular weight is 430 g/mol. The van der Waals surface area contributed by atoms with Gasteiger partial charge in [-0.2, -0.15) is 18.2 Å². The van der Waals surface area contributed by atoms with Crippen LogP contribution >= 0.6 is 0 Å². The Morgan fingerprint density at radius 3 is 2.58 bits per heavy atom. The van der Waals surface area contributed by atoms with Crippen LogP contribution in [0.5, 0.6) is 0 Å². The Morgan fingerprint density at radius 1 is 1.13 bits per heavy atom. The van der Waals surface area contributed by atoms with Gasteiger partial charge in [0.15, 0.2) is 0 Å². The maximum Gasteiger partial charge on any atom is 0.417 e. The number of benzene rings is 2. The van der Waals surface area contributed by atoms with Gasteiger partial charge in [-0.3, -0.25) is 9.59 Å². The lowest BCUT2D eigenvalue weighted by Crippen LogP contribution is -2.37. The van der Waals surface area contributed by atoms with Crippen LogP contribution in [-0.4, -0.2) is 19.7 Å². The van der Waals surface area contributed by atoms with Crippen molar-refractivity contribution in [2.24, 2.45) is 5.92 Å². The monoisotopic (exact) mass is 430 g/mol. The van der Waals surface area contributed by atoms with Crippen LogP contribution in [0.4, 0.5) is 13.2 Å². The molecular formula is C21H17F3N4O3. The molecule has 0 aliphatic carbocycles. The smallest absolute Gasteiger partial charge is 0.334 e. The number of aromatic amines is 1. The first-order valence-corrected chi connectivity index (χ1v) is 9.42. The molecule has 1 N–H and O–H groups in total. The van der Waals surface area contributed by atoms with Crippen LogP contribution < -0.4 is 11.1 Å². The van der Waals surface area contributed by atoms with E-state index >= 15 is 0 Å². The van der Waals surface area contributed by atoms with Crippen LogP contribution in [0.1, 0.15) is 19.4 Å². The second kappa shape index (κ2) is 7.53. The van der Waals surface area contributed by atoms with Gasteiger partial charge in [0.2, 0.25) is 5.82 Å². The summed E-state index contributed by atoms with van der Waals surface area (Å²) in [6, 6.07) is 9.71. The molecule has 2 heterocycles. The zero-order chi connectivity index (χ0) is 22.3. The highest BCUT2D eigenvalue weighted by atomic mass is 19.4. The van der Waals surface area contributed by atoms with E-state index in [1.807, 2.05) is 13.8 Å². The predicted molar refractivity (Wildman–Crippen MR) is 107 cm³/mol.